The standard InChI is InChI=1S/C25H30N4O3S/c1-19-18-20(2)29(27-19)24-9-5-4-8-23(24)26-25(30)15-12-21-10-13-22(14-11-21)33(31,32)28-16-6-3-7-17-28/h4-5,8-11,13-14,18H,3,6-7,12,15-17H2,1-2H3,(H,26,30). The van der Waals surface area contributed by atoms with E-state index in [1.807, 2.05) is 48.9 Å². The van der Waals surface area contributed by atoms with Gasteiger partial charge in [0.1, 0.15) is 0 Å². The van der Waals surface area contributed by atoms with Gasteiger partial charge in [0, 0.05) is 25.2 Å². The first-order valence-corrected chi connectivity index (χ1v) is 12.8. The molecule has 1 saturated heterocycles. The summed E-state index contributed by atoms with van der Waals surface area (Å²) in [7, 11) is -3.44. The fraction of sp³-hybridized carbons (Fsp3) is 0.360. The van der Waals surface area contributed by atoms with Crippen LogP contribution in [0.1, 0.15) is 42.6 Å². The first-order valence-electron chi connectivity index (χ1n) is 11.4. The summed E-state index contributed by atoms with van der Waals surface area (Å²) < 4.78 is 29.0. The van der Waals surface area contributed by atoms with Crippen LogP contribution in [0.15, 0.2) is 59.5 Å². The van der Waals surface area contributed by atoms with E-state index in [9.17, 15) is 13.2 Å². The molecule has 1 aliphatic rings. The zero-order valence-electron chi connectivity index (χ0n) is 19.1. The maximum Gasteiger partial charge on any atom is 0.243 e. The molecule has 0 bridgehead atoms. The quantitative estimate of drug-likeness (QED) is 0.565. The van der Waals surface area contributed by atoms with Gasteiger partial charge in [0.25, 0.3) is 0 Å². The Bertz CT molecular complexity index is 1230. The normalized spacial score (nSPS) is 14.8. The molecule has 1 N–H and O–H groups in total. The van der Waals surface area contributed by atoms with Gasteiger partial charge in [-0.2, -0.15) is 9.40 Å². The third kappa shape index (κ3) is 5.34. The van der Waals surface area contributed by atoms with Gasteiger partial charge in [-0.05, 0) is 69.0 Å². The van der Waals surface area contributed by atoms with Gasteiger partial charge in [-0.15, -0.1) is 0 Å². The second-order valence-corrected chi connectivity index (χ2v) is 10.5. The number of rotatable bonds is 7. The first-order chi connectivity index (χ1) is 15.8. The van der Waals surface area contributed by atoms with Crippen LogP contribution in [0.2, 0.25) is 0 Å². The highest BCUT2D eigenvalue weighted by Crippen LogP contribution is 2.23. The Hall–Kier alpha value is -2.97. The summed E-state index contributed by atoms with van der Waals surface area (Å²) in [5, 5.41) is 7.51. The molecule has 0 saturated carbocycles. The zero-order chi connectivity index (χ0) is 23.4. The lowest BCUT2D eigenvalue weighted by Crippen LogP contribution is -2.35. The maximum absolute atomic E-state index is 12.8. The molecule has 4 rings (SSSR count). The Morgan fingerprint density at radius 2 is 1.70 bits per heavy atom. The average molecular weight is 467 g/mol. The van der Waals surface area contributed by atoms with Crippen molar-refractivity contribution in [3.8, 4) is 5.69 Å². The first kappa shape index (κ1) is 23.2. The highest BCUT2D eigenvalue weighted by molar-refractivity contribution is 7.89. The summed E-state index contributed by atoms with van der Waals surface area (Å²) in [5.74, 6) is -0.103. The summed E-state index contributed by atoms with van der Waals surface area (Å²) in [6, 6.07) is 16.5. The van der Waals surface area contributed by atoms with E-state index in [4.69, 9.17) is 0 Å². The molecule has 8 heteroatoms. The highest BCUT2D eigenvalue weighted by Gasteiger charge is 2.25. The molecular weight excluding hydrogens is 436 g/mol. The lowest BCUT2D eigenvalue weighted by Gasteiger charge is -2.25. The number of aromatic nitrogens is 2. The van der Waals surface area contributed by atoms with Crippen molar-refractivity contribution in [2.24, 2.45) is 0 Å². The summed E-state index contributed by atoms with van der Waals surface area (Å²) >= 11 is 0. The molecule has 2 aromatic carbocycles. The second kappa shape index (κ2) is 9.89. The molecular formula is C25H30N4O3S. The van der Waals surface area contributed by atoms with Crippen LogP contribution in [-0.4, -0.2) is 41.5 Å². The van der Waals surface area contributed by atoms with Crippen molar-refractivity contribution in [1.29, 1.82) is 0 Å². The Morgan fingerprint density at radius 1 is 1.00 bits per heavy atom. The molecule has 7 nitrogen and oxygen atoms in total. The second-order valence-electron chi connectivity index (χ2n) is 8.51. The summed E-state index contributed by atoms with van der Waals surface area (Å²) in [4.78, 5) is 13.0. The van der Waals surface area contributed by atoms with E-state index < -0.39 is 10.0 Å². The molecule has 1 fully saturated rings. The Balaban J connectivity index is 1.39. The zero-order valence-corrected chi connectivity index (χ0v) is 19.9. The number of para-hydroxylation sites is 2. The molecule has 33 heavy (non-hydrogen) atoms. The van der Waals surface area contributed by atoms with E-state index in [-0.39, 0.29) is 5.91 Å². The molecule has 3 aromatic rings. The largest absolute Gasteiger partial charge is 0.324 e. The lowest BCUT2D eigenvalue weighted by molar-refractivity contribution is -0.116. The molecule has 0 aliphatic carbocycles. The highest BCUT2D eigenvalue weighted by atomic mass is 32.2. The minimum absolute atomic E-state index is 0.103. The van der Waals surface area contributed by atoms with Crippen molar-refractivity contribution in [3.05, 3.63) is 71.5 Å². The van der Waals surface area contributed by atoms with E-state index in [0.29, 0.717) is 36.5 Å². The molecule has 1 aromatic heterocycles. The average Bonchev–Trinajstić information content (AvgIpc) is 3.16. The number of nitrogens with one attached hydrogen (secondary N) is 1. The Labute approximate surface area is 195 Å². The number of hydrogen-bond acceptors (Lipinski definition) is 4. The van der Waals surface area contributed by atoms with Gasteiger partial charge in [0.2, 0.25) is 15.9 Å². The van der Waals surface area contributed by atoms with E-state index in [1.165, 1.54) is 0 Å². The van der Waals surface area contributed by atoms with Crippen LogP contribution in [-0.2, 0) is 21.2 Å². The van der Waals surface area contributed by atoms with Crippen LogP contribution >= 0.6 is 0 Å². The topological polar surface area (TPSA) is 84.3 Å². The van der Waals surface area contributed by atoms with Crippen molar-refractivity contribution in [2.45, 2.75) is 50.8 Å². The summed E-state index contributed by atoms with van der Waals surface area (Å²) in [6.07, 6.45) is 3.73. The fourth-order valence-electron chi connectivity index (χ4n) is 4.19. The number of aryl methyl sites for hydroxylation is 3. The number of sulfonamides is 1. The van der Waals surface area contributed by atoms with Crippen molar-refractivity contribution in [2.75, 3.05) is 18.4 Å². The molecule has 0 spiro atoms. The lowest BCUT2D eigenvalue weighted by atomic mass is 10.1. The predicted octanol–water partition coefficient (Wildman–Crippen LogP) is 4.24. The van der Waals surface area contributed by atoms with Gasteiger partial charge < -0.3 is 5.32 Å². The minimum Gasteiger partial charge on any atom is -0.324 e. The number of hydrogen-bond donors (Lipinski definition) is 1. The molecule has 0 atom stereocenters. The van der Waals surface area contributed by atoms with Gasteiger partial charge in [0.05, 0.1) is 22.0 Å². The van der Waals surface area contributed by atoms with Crippen LogP contribution < -0.4 is 5.32 Å². The number of piperidine rings is 1. The summed E-state index contributed by atoms with van der Waals surface area (Å²) in [6.45, 7) is 5.09. The number of benzene rings is 2. The number of nitrogens with zero attached hydrogens (tertiary/aromatic N) is 3. The van der Waals surface area contributed by atoms with E-state index >= 15 is 0 Å². The SMILES string of the molecule is Cc1cc(C)n(-c2ccccc2NC(=O)CCc2ccc(S(=O)(=O)N3CCCCC3)cc2)n1. The van der Waals surface area contributed by atoms with Crippen molar-refractivity contribution in [3.63, 3.8) is 0 Å². The van der Waals surface area contributed by atoms with Crippen LogP contribution in [0.4, 0.5) is 5.69 Å². The van der Waals surface area contributed by atoms with Crippen LogP contribution in [0.3, 0.4) is 0 Å². The van der Waals surface area contributed by atoms with Crippen LogP contribution in [0, 0.1) is 13.8 Å². The van der Waals surface area contributed by atoms with Crippen LogP contribution in [0.5, 0.6) is 0 Å². The molecule has 1 aliphatic heterocycles. The maximum atomic E-state index is 12.8. The fourth-order valence-corrected chi connectivity index (χ4v) is 5.71. The van der Waals surface area contributed by atoms with Crippen molar-refractivity contribution >= 4 is 21.6 Å². The van der Waals surface area contributed by atoms with Gasteiger partial charge >= 0.3 is 0 Å². The van der Waals surface area contributed by atoms with E-state index in [0.717, 1.165) is 41.9 Å². The van der Waals surface area contributed by atoms with Gasteiger partial charge in [0.15, 0.2) is 0 Å². The monoisotopic (exact) mass is 466 g/mol. The Morgan fingerprint density at radius 3 is 2.36 bits per heavy atom. The number of carbonyl (C=O) groups is 1. The predicted molar refractivity (Wildman–Crippen MR) is 129 cm³/mol. The van der Waals surface area contributed by atoms with Gasteiger partial charge in [-0.25, -0.2) is 13.1 Å². The number of amides is 1. The molecule has 1 amide bonds. The van der Waals surface area contributed by atoms with Crippen molar-refractivity contribution < 1.29 is 13.2 Å². The number of anilines is 1. The molecule has 174 valence electrons. The van der Waals surface area contributed by atoms with Gasteiger partial charge in [-0.3, -0.25) is 4.79 Å². The minimum atomic E-state index is -3.44. The molecule has 0 unspecified atom stereocenters. The van der Waals surface area contributed by atoms with Crippen molar-refractivity contribution in [1.82, 2.24) is 14.1 Å². The van der Waals surface area contributed by atoms with E-state index in [1.54, 1.807) is 28.6 Å². The third-order valence-corrected chi connectivity index (χ3v) is 7.85. The Kier molecular flexibility index (Phi) is 6.95. The van der Waals surface area contributed by atoms with Crippen LogP contribution in [0.25, 0.3) is 5.69 Å². The molecule has 0 radical (unpaired) electrons. The third-order valence-electron chi connectivity index (χ3n) is 5.93. The number of carbonyl (C=O) groups excluding carboxylic acids is 1. The van der Waals surface area contributed by atoms with E-state index in [2.05, 4.69) is 10.4 Å². The van der Waals surface area contributed by atoms with Gasteiger partial charge in [-0.1, -0.05) is 30.7 Å². The smallest absolute Gasteiger partial charge is 0.243 e. The molecule has 2 heterocycles. The summed E-state index contributed by atoms with van der Waals surface area (Å²) in [5.41, 5.74) is 4.36.